The maximum Gasteiger partial charge on any atom is 0.233 e. The molecule has 0 bridgehead atoms. The molecule has 3 N–H and O–H groups in total. The van der Waals surface area contributed by atoms with Gasteiger partial charge in [0.1, 0.15) is 10.9 Å². The molecule has 0 aliphatic rings. The number of ether oxygens (including phenoxy) is 1. The summed E-state index contributed by atoms with van der Waals surface area (Å²) in [6.07, 6.45) is 6.18. The van der Waals surface area contributed by atoms with E-state index in [4.69, 9.17) is 27.5 Å². The smallest absolute Gasteiger partial charge is 0.233 e. The number of amidine groups is 1. The molecule has 0 aromatic carbocycles. The van der Waals surface area contributed by atoms with Crippen molar-refractivity contribution < 1.29 is 4.74 Å². The minimum Gasteiger partial charge on any atom is -0.476 e. The largest absolute Gasteiger partial charge is 0.476 e. The van der Waals surface area contributed by atoms with E-state index in [0.717, 1.165) is 12.8 Å². The average molecular weight is 284 g/mol. The Kier molecular flexibility index (Phi) is 6.64. The van der Waals surface area contributed by atoms with E-state index in [9.17, 15) is 0 Å². The van der Waals surface area contributed by atoms with Crippen LogP contribution in [-0.2, 0) is 0 Å². The highest BCUT2D eigenvalue weighted by Crippen LogP contribution is 2.26. The second-order valence-corrected chi connectivity index (χ2v) is 5.00. The predicted octanol–water partition coefficient (Wildman–Crippen LogP) is 3.61. The molecule has 4 nitrogen and oxygen atoms in total. The minimum absolute atomic E-state index is 0.0738. The quantitative estimate of drug-likeness (QED) is 0.565. The summed E-state index contributed by atoms with van der Waals surface area (Å²) in [6, 6.07) is 1.62. The molecule has 1 aromatic heterocycles. The molecule has 1 rings (SSSR count). The highest BCUT2D eigenvalue weighted by Gasteiger charge is 2.13. The van der Waals surface area contributed by atoms with Gasteiger partial charge in [-0.05, 0) is 18.4 Å². The summed E-state index contributed by atoms with van der Waals surface area (Å²) in [6.45, 7) is 4.94. The summed E-state index contributed by atoms with van der Waals surface area (Å²) < 4.78 is 5.68. The molecule has 106 valence electrons. The monoisotopic (exact) mass is 283 g/mol. The number of nitrogen functional groups attached to an aromatic ring is 1. The third-order valence-electron chi connectivity index (χ3n) is 3.15. The Balaban J connectivity index is 2.66. The number of unbranched alkanes of at least 4 members (excludes halogenated alkanes) is 1. The lowest BCUT2D eigenvalue weighted by Gasteiger charge is -2.16. The molecule has 0 aliphatic carbocycles. The fourth-order valence-corrected chi connectivity index (χ4v) is 2.10. The molecule has 19 heavy (non-hydrogen) atoms. The molecule has 0 fully saturated rings. The Morgan fingerprint density at radius 2 is 2.26 bits per heavy atom. The second-order valence-electron chi connectivity index (χ2n) is 4.62. The Labute approximate surface area is 119 Å². The van der Waals surface area contributed by atoms with Gasteiger partial charge < -0.3 is 10.5 Å². The fraction of sp³-hybridized carbons (Fsp3) is 0.571. The van der Waals surface area contributed by atoms with E-state index in [1.54, 1.807) is 12.3 Å². The lowest BCUT2D eigenvalue weighted by Crippen LogP contribution is -2.15. The van der Waals surface area contributed by atoms with Gasteiger partial charge in [0.05, 0.1) is 6.61 Å². The van der Waals surface area contributed by atoms with Gasteiger partial charge in [-0.1, -0.05) is 44.7 Å². The zero-order chi connectivity index (χ0) is 14.3. The zero-order valence-corrected chi connectivity index (χ0v) is 12.3. The van der Waals surface area contributed by atoms with Crippen LogP contribution in [0.1, 0.15) is 45.1 Å². The van der Waals surface area contributed by atoms with E-state index in [2.05, 4.69) is 18.8 Å². The van der Waals surface area contributed by atoms with E-state index in [0.29, 0.717) is 29.0 Å². The SMILES string of the molecule is CCCCC(CC)COc1nccc(C(=N)N)c1Cl. The standard InChI is InChI=1S/C14H22ClN3O/c1-3-5-6-10(4-2)9-19-14-12(15)11(13(16)17)7-8-18-14/h7-8,10H,3-6,9H2,1-2H3,(H3,16,17). The third kappa shape index (κ3) is 4.71. The van der Waals surface area contributed by atoms with Crippen LogP contribution in [-0.4, -0.2) is 17.4 Å². The molecule has 0 saturated heterocycles. The van der Waals surface area contributed by atoms with Gasteiger partial charge in [-0.15, -0.1) is 0 Å². The lowest BCUT2D eigenvalue weighted by molar-refractivity contribution is 0.226. The second kappa shape index (κ2) is 8.00. The molecule has 0 saturated carbocycles. The summed E-state index contributed by atoms with van der Waals surface area (Å²) in [4.78, 5) is 4.10. The molecule has 0 spiro atoms. The van der Waals surface area contributed by atoms with Gasteiger partial charge in [-0.2, -0.15) is 0 Å². The van der Waals surface area contributed by atoms with Crippen molar-refractivity contribution in [2.45, 2.75) is 39.5 Å². The minimum atomic E-state index is -0.0738. The van der Waals surface area contributed by atoms with Gasteiger partial charge >= 0.3 is 0 Å². The number of hydrogen-bond donors (Lipinski definition) is 2. The van der Waals surface area contributed by atoms with Crippen molar-refractivity contribution in [2.75, 3.05) is 6.61 Å². The molecule has 1 heterocycles. The number of aromatic nitrogens is 1. The number of pyridine rings is 1. The van der Waals surface area contributed by atoms with Crippen LogP contribution >= 0.6 is 11.6 Å². The highest BCUT2D eigenvalue weighted by atomic mass is 35.5. The molecule has 0 amide bonds. The summed E-state index contributed by atoms with van der Waals surface area (Å²) in [5, 5.41) is 7.75. The maximum absolute atomic E-state index is 7.43. The first-order valence-corrected chi connectivity index (χ1v) is 7.09. The summed E-state index contributed by atoms with van der Waals surface area (Å²) in [7, 11) is 0. The molecule has 5 heteroatoms. The van der Waals surface area contributed by atoms with Crippen LogP contribution in [0.25, 0.3) is 0 Å². The van der Waals surface area contributed by atoms with Crippen molar-refractivity contribution in [1.82, 2.24) is 4.98 Å². The van der Waals surface area contributed by atoms with Gasteiger partial charge in [0.2, 0.25) is 5.88 Å². The number of hydrogen-bond acceptors (Lipinski definition) is 3. The predicted molar refractivity (Wildman–Crippen MR) is 79.1 cm³/mol. The van der Waals surface area contributed by atoms with Gasteiger partial charge in [0, 0.05) is 11.8 Å². The maximum atomic E-state index is 7.43. The van der Waals surface area contributed by atoms with E-state index in [-0.39, 0.29) is 5.84 Å². The van der Waals surface area contributed by atoms with Gasteiger partial charge in [0.15, 0.2) is 0 Å². The third-order valence-corrected chi connectivity index (χ3v) is 3.51. The Morgan fingerprint density at radius 1 is 1.53 bits per heavy atom. The molecule has 0 aliphatic heterocycles. The summed E-state index contributed by atoms with van der Waals surface area (Å²) >= 11 is 6.13. The van der Waals surface area contributed by atoms with Crippen molar-refractivity contribution in [1.29, 1.82) is 5.41 Å². The molecule has 1 aromatic rings. The van der Waals surface area contributed by atoms with E-state index >= 15 is 0 Å². The van der Waals surface area contributed by atoms with Crippen LogP contribution in [0.2, 0.25) is 5.02 Å². The first-order chi connectivity index (χ1) is 9.10. The van der Waals surface area contributed by atoms with Crippen LogP contribution in [0.15, 0.2) is 12.3 Å². The molecule has 1 atom stereocenters. The van der Waals surface area contributed by atoms with Gasteiger partial charge in [-0.3, -0.25) is 5.41 Å². The van der Waals surface area contributed by atoms with Gasteiger partial charge in [0.25, 0.3) is 0 Å². The topological polar surface area (TPSA) is 72.0 Å². The average Bonchev–Trinajstić information content (AvgIpc) is 2.40. The fourth-order valence-electron chi connectivity index (χ4n) is 1.83. The van der Waals surface area contributed by atoms with E-state index in [1.807, 2.05) is 0 Å². The molecular formula is C14H22ClN3O. The Morgan fingerprint density at radius 3 is 2.84 bits per heavy atom. The number of rotatable bonds is 8. The molecule has 1 unspecified atom stereocenters. The van der Waals surface area contributed by atoms with Crippen molar-refractivity contribution in [3.8, 4) is 5.88 Å². The van der Waals surface area contributed by atoms with Crippen LogP contribution in [0.4, 0.5) is 0 Å². The van der Waals surface area contributed by atoms with Crippen molar-refractivity contribution in [2.24, 2.45) is 11.7 Å². The number of halogens is 1. The summed E-state index contributed by atoms with van der Waals surface area (Å²) in [5.74, 6) is 0.804. The van der Waals surface area contributed by atoms with Crippen LogP contribution in [0, 0.1) is 11.3 Å². The number of nitrogens with one attached hydrogen (secondary N) is 1. The van der Waals surface area contributed by atoms with Gasteiger partial charge in [-0.25, -0.2) is 4.98 Å². The Bertz CT molecular complexity index is 423. The summed E-state index contributed by atoms with van der Waals surface area (Å²) in [5.41, 5.74) is 5.91. The first kappa shape index (κ1) is 15.8. The van der Waals surface area contributed by atoms with Crippen molar-refractivity contribution >= 4 is 17.4 Å². The van der Waals surface area contributed by atoms with E-state index in [1.165, 1.54) is 12.8 Å². The van der Waals surface area contributed by atoms with E-state index < -0.39 is 0 Å². The number of nitrogens with two attached hydrogens (primary N) is 1. The van der Waals surface area contributed by atoms with Crippen molar-refractivity contribution in [3.63, 3.8) is 0 Å². The molecular weight excluding hydrogens is 262 g/mol. The Hall–Kier alpha value is -1.29. The normalized spacial score (nSPS) is 12.2. The lowest BCUT2D eigenvalue weighted by atomic mass is 10.0. The van der Waals surface area contributed by atoms with Crippen molar-refractivity contribution in [3.05, 3.63) is 22.8 Å². The number of nitrogens with zero attached hydrogens (tertiary/aromatic N) is 1. The highest BCUT2D eigenvalue weighted by molar-refractivity contribution is 6.35. The first-order valence-electron chi connectivity index (χ1n) is 6.71. The van der Waals surface area contributed by atoms with Crippen LogP contribution in [0.3, 0.4) is 0 Å². The van der Waals surface area contributed by atoms with Crippen LogP contribution in [0.5, 0.6) is 5.88 Å². The molecule has 0 radical (unpaired) electrons. The zero-order valence-electron chi connectivity index (χ0n) is 11.6. The van der Waals surface area contributed by atoms with Crippen LogP contribution < -0.4 is 10.5 Å².